The van der Waals surface area contributed by atoms with Crippen molar-refractivity contribution in [1.82, 2.24) is 4.57 Å². The molecule has 1 heterocycles. The highest BCUT2D eigenvalue weighted by Gasteiger charge is 2.15. The van der Waals surface area contributed by atoms with E-state index >= 15 is 0 Å². The molecule has 1 aromatic heterocycles. The average molecular weight is 372 g/mol. The summed E-state index contributed by atoms with van der Waals surface area (Å²) < 4.78 is 7.05. The summed E-state index contributed by atoms with van der Waals surface area (Å²) in [6.45, 7) is 2.27. The second kappa shape index (κ2) is 7.56. The van der Waals surface area contributed by atoms with Gasteiger partial charge in [0.2, 0.25) is 0 Å². The lowest BCUT2D eigenvalue weighted by Crippen LogP contribution is -2.13. The van der Waals surface area contributed by atoms with E-state index in [2.05, 4.69) is 5.32 Å². The number of hydrogen-bond acceptors (Lipinski definition) is 3. The van der Waals surface area contributed by atoms with E-state index in [0.717, 1.165) is 27.5 Å². The number of nitrogens with zero attached hydrogens (tertiary/aromatic N) is 1. The summed E-state index contributed by atoms with van der Waals surface area (Å²) in [7, 11) is 0. The normalized spacial score (nSPS) is 10.9. The van der Waals surface area contributed by atoms with Crippen LogP contribution >= 0.6 is 0 Å². The number of aromatic nitrogens is 1. The van der Waals surface area contributed by atoms with E-state index in [0.29, 0.717) is 12.2 Å². The zero-order valence-corrected chi connectivity index (χ0v) is 15.5. The molecule has 3 aromatic carbocycles. The van der Waals surface area contributed by atoms with Gasteiger partial charge in [-0.1, -0.05) is 36.4 Å². The van der Waals surface area contributed by atoms with Gasteiger partial charge in [-0.3, -0.25) is 9.59 Å². The fourth-order valence-corrected chi connectivity index (χ4v) is 3.43. The molecule has 1 N–H and O–H groups in total. The molecule has 0 bridgehead atoms. The molecule has 0 saturated carbocycles. The van der Waals surface area contributed by atoms with Crippen LogP contribution in [0.25, 0.3) is 21.8 Å². The van der Waals surface area contributed by atoms with E-state index in [-0.39, 0.29) is 18.4 Å². The molecule has 0 atom stereocenters. The van der Waals surface area contributed by atoms with Crippen molar-refractivity contribution in [3.8, 4) is 0 Å². The number of hydrogen-bond donors (Lipinski definition) is 1. The standard InChI is InChI=1S/C23H20N2O3/c1-2-28-22(26)15-25-20-11-7-6-10-18(20)19-14-16(12-13-21(19)25)23(27)24-17-8-4-3-5-9-17/h3-14H,2,15H2,1H3,(H,24,27). The second-order valence-electron chi connectivity index (χ2n) is 6.46. The van der Waals surface area contributed by atoms with E-state index in [4.69, 9.17) is 4.74 Å². The van der Waals surface area contributed by atoms with Gasteiger partial charge >= 0.3 is 5.97 Å². The van der Waals surface area contributed by atoms with Crippen molar-refractivity contribution < 1.29 is 14.3 Å². The first-order chi connectivity index (χ1) is 13.7. The van der Waals surface area contributed by atoms with Crippen LogP contribution in [0.4, 0.5) is 5.69 Å². The van der Waals surface area contributed by atoms with Crippen LogP contribution in [0, 0.1) is 0 Å². The monoisotopic (exact) mass is 372 g/mol. The van der Waals surface area contributed by atoms with Gasteiger partial charge in [-0.05, 0) is 43.3 Å². The minimum atomic E-state index is -0.281. The Kier molecular flexibility index (Phi) is 4.81. The lowest BCUT2D eigenvalue weighted by Gasteiger charge is -2.08. The number of ether oxygens (including phenoxy) is 1. The zero-order chi connectivity index (χ0) is 19.5. The number of esters is 1. The van der Waals surface area contributed by atoms with Crippen LogP contribution in [0.2, 0.25) is 0 Å². The summed E-state index contributed by atoms with van der Waals surface area (Å²) in [5.74, 6) is -0.452. The molecular weight excluding hydrogens is 352 g/mol. The molecule has 1 amide bonds. The van der Waals surface area contributed by atoms with Crippen LogP contribution in [0.15, 0.2) is 72.8 Å². The Hall–Kier alpha value is -3.60. The summed E-state index contributed by atoms with van der Waals surface area (Å²) in [5.41, 5.74) is 3.14. The summed E-state index contributed by atoms with van der Waals surface area (Å²) in [6, 6.07) is 22.7. The number of carbonyl (C=O) groups excluding carboxylic acids is 2. The van der Waals surface area contributed by atoms with Gasteiger partial charge in [-0.25, -0.2) is 0 Å². The van der Waals surface area contributed by atoms with Crippen molar-refractivity contribution in [3.63, 3.8) is 0 Å². The Morgan fingerprint density at radius 2 is 1.61 bits per heavy atom. The highest BCUT2D eigenvalue weighted by molar-refractivity contribution is 6.13. The van der Waals surface area contributed by atoms with Crippen molar-refractivity contribution in [2.75, 3.05) is 11.9 Å². The molecule has 0 saturated heterocycles. The van der Waals surface area contributed by atoms with Crippen LogP contribution in [-0.4, -0.2) is 23.1 Å². The van der Waals surface area contributed by atoms with Gasteiger partial charge in [-0.2, -0.15) is 0 Å². The third kappa shape index (κ3) is 3.34. The SMILES string of the molecule is CCOC(=O)Cn1c2ccccc2c2cc(C(=O)Nc3ccccc3)ccc21. The number of benzene rings is 3. The van der Waals surface area contributed by atoms with Crippen LogP contribution in [-0.2, 0) is 16.1 Å². The Balaban J connectivity index is 1.76. The number of nitrogens with one attached hydrogen (secondary N) is 1. The zero-order valence-electron chi connectivity index (χ0n) is 15.5. The van der Waals surface area contributed by atoms with E-state index in [1.54, 1.807) is 13.0 Å². The predicted octanol–water partition coefficient (Wildman–Crippen LogP) is 4.61. The Bertz CT molecular complexity index is 1160. The first-order valence-corrected chi connectivity index (χ1v) is 9.20. The molecule has 0 unspecified atom stereocenters. The molecule has 0 aliphatic carbocycles. The number of fused-ring (bicyclic) bond motifs is 3. The van der Waals surface area contributed by atoms with Crippen LogP contribution in [0.5, 0.6) is 0 Å². The predicted molar refractivity (Wildman–Crippen MR) is 110 cm³/mol. The lowest BCUT2D eigenvalue weighted by molar-refractivity contribution is -0.143. The molecule has 0 aliphatic heterocycles. The molecule has 0 fully saturated rings. The maximum Gasteiger partial charge on any atom is 0.325 e. The summed E-state index contributed by atoms with van der Waals surface area (Å²) in [5, 5.41) is 4.83. The van der Waals surface area contributed by atoms with E-state index < -0.39 is 0 Å². The maximum absolute atomic E-state index is 12.7. The molecular formula is C23H20N2O3. The Morgan fingerprint density at radius 3 is 2.39 bits per heavy atom. The van der Waals surface area contributed by atoms with Gasteiger partial charge in [0.15, 0.2) is 0 Å². The first-order valence-electron chi connectivity index (χ1n) is 9.20. The lowest BCUT2D eigenvalue weighted by atomic mass is 10.1. The molecule has 5 nitrogen and oxygen atoms in total. The fraction of sp³-hybridized carbons (Fsp3) is 0.130. The Labute approximate surface area is 162 Å². The number of para-hydroxylation sites is 2. The minimum Gasteiger partial charge on any atom is -0.465 e. The molecule has 4 rings (SSSR count). The van der Waals surface area contributed by atoms with E-state index in [9.17, 15) is 9.59 Å². The van der Waals surface area contributed by atoms with E-state index in [1.807, 2.05) is 71.3 Å². The van der Waals surface area contributed by atoms with Crippen molar-refractivity contribution >= 4 is 39.4 Å². The molecule has 0 spiro atoms. The minimum absolute atomic E-state index is 0.132. The van der Waals surface area contributed by atoms with Crippen molar-refractivity contribution in [2.45, 2.75) is 13.5 Å². The highest BCUT2D eigenvalue weighted by atomic mass is 16.5. The number of carbonyl (C=O) groups is 2. The fourth-order valence-electron chi connectivity index (χ4n) is 3.43. The molecule has 4 aromatic rings. The van der Waals surface area contributed by atoms with Gasteiger partial charge in [0, 0.05) is 33.1 Å². The van der Waals surface area contributed by atoms with Gasteiger partial charge in [0.05, 0.1) is 6.61 Å². The van der Waals surface area contributed by atoms with Gasteiger partial charge in [0.25, 0.3) is 5.91 Å². The average Bonchev–Trinajstić information content (AvgIpc) is 3.02. The quantitative estimate of drug-likeness (QED) is 0.521. The van der Waals surface area contributed by atoms with Gasteiger partial charge < -0.3 is 14.6 Å². The van der Waals surface area contributed by atoms with Gasteiger partial charge in [0.1, 0.15) is 6.54 Å². The molecule has 0 radical (unpaired) electrons. The molecule has 5 heteroatoms. The summed E-state index contributed by atoms with van der Waals surface area (Å²) >= 11 is 0. The summed E-state index contributed by atoms with van der Waals surface area (Å²) in [4.78, 5) is 24.7. The highest BCUT2D eigenvalue weighted by Crippen LogP contribution is 2.30. The van der Waals surface area contributed by atoms with Crippen molar-refractivity contribution in [3.05, 3.63) is 78.4 Å². The molecule has 0 aliphatic rings. The summed E-state index contributed by atoms with van der Waals surface area (Å²) in [6.07, 6.45) is 0. The Morgan fingerprint density at radius 1 is 0.893 bits per heavy atom. The number of amides is 1. The topological polar surface area (TPSA) is 60.3 Å². The van der Waals surface area contributed by atoms with Crippen LogP contribution in [0.1, 0.15) is 17.3 Å². The maximum atomic E-state index is 12.7. The van der Waals surface area contributed by atoms with Crippen LogP contribution in [0.3, 0.4) is 0 Å². The first kappa shape index (κ1) is 17.8. The largest absolute Gasteiger partial charge is 0.465 e. The third-order valence-electron chi connectivity index (χ3n) is 4.66. The van der Waals surface area contributed by atoms with Crippen LogP contribution < -0.4 is 5.32 Å². The smallest absolute Gasteiger partial charge is 0.325 e. The van der Waals surface area contributed by atoms with Crippen molar-refractivity contribution in [1.29, 1.82) is 0 Å². The second-order valence-corrected chi connectivity index (χ2v) is 6.46. The van der Waals surface area contributed by atoms with E-state index in [1.165, 1.54) is 0 Å². The molecule has 140 valence electrons. The number of rotatable bonds is 5. The van der Waals surface area contributed by atoms with Crippen molar-refractivity contribution in [2.24, 2.45) is 0 Å². The van der Waals surface area contributed by atoms with Gasteiger partial charge in [-0.15, -0.1) is 0 Å². The number of anilines is 1. The molecule has 28 heavy (non-hydrogen) atoms. The third-order valence-corrected chi connectivity index (χ3v) is 4.66.